The molecule has 0 saturated heterocycles. The largest absolute Gasteiger partial charge is 0.298 e. The molecule has 0 heterocycles. The summed E-state index contributed by atoms with van der Waals surface area (Å²) in [4.78, 5) is 0. The molecule has 1 atom stereocenters. The van der Waals surface area contributed by atoms with E-state index in [4.69, 9.17) is 5.26 Å². The zero-order valence-electron chi connectivity index (χ0n) is 8.71. The highest BCUT2D eigenvalue weighted by Crippen LogP contribution is 2.29. The predicted molar refractivity (Wildman–Crippen MR) is 63.2 cm³/mol. The third kappa shape index (κ3) is 2.81. The smallest absolute Gasteiger partial charge is 0.123 e. The topological polar surface area (TPSA) is 35.8 Å². The van der Waals surface area contributed by atoms with Gasteiger partial charge in [0, 0.05) is 10.0 Å². The van der Waals surface area contributed by atoms with Crippen molar-refractivity contribution < 1.29 is 4.39 Å². The average Bonchev–Trinajstić information content (AvgIpc) is 3.07. The summed E-state index contributed by atoms with van der Waals surface area (Å²) in [6.45, 7) is 0.835. The van der Waals surface area contributed by atoms with Gasteiger partial charge in [-0.05, 0) is 43.5 Å². The average molecular weight is 283 g/mol. The lowest BCUT2D eigenvalue weighted by Crippen LogP contribution is -2.22. The van der Waals surface area contributed by atoms with Gasteiger partial charge in [-0.15, -0.1) is 0 Å². The summed E-state index contributed by atoms with van der Waals surface area (Å²) in [6.07, 6.45) is 2.46. The maximum Gasteiger partial charge on any atom is 0.123 e. The number of nitrogens with one attached hydrogen (secondary N) is 1. The second-order valence-corrected chi connectivity index (χ2v) is 4.93. The van der Waals surface area contributed by atoms with Gasteiger partial charge in [-0.3, -0.25) is 5.32 Å². The van der Waals surface area contributed by atoms with Crippen LogP contribution < -0.4 is 5.32 Å². The molecule has 0 aliphatic heterocycles. The minimum atomic E-state index is -0.439. The van der Waals surface area contributed by atoms with Gasteiger partial charge in [0.1, 0.15) is 11.9 Å². The number of rotatable bonds is 4. The zero-order chi connectivity index (χ0) is 11.5. The standard InChI is InChI=1S/C12H12BrFN2/c13-11-4-3-9(14)5-10(11)12(6-15)16-7-8-1-2-8/h3-5,8,12,16H,1-2,7H2. The van der Waals surface area contributed by atoms with Gasteiger partial charge in [-0.2, -0.15) is 5.26 Å². The molecule has 0 aromatic heterocycles. The molecule has 0 amide bonds. The maximum absolute atomic E-state index is 13.1. The van der Waals surface area contributed by atoms with Gasteiger partial charge >= 0.3 is 0 Å². The fourth-order valence-corrected chi connectivity index (χ4v) is 2.04. The van der Waals surface area contributed by atoms with Crippen molar-refractivity contribution in [1.29, 1.82) is 5.26 Å². The van der Waals surface area contributed by atoms with Crippen LogP contribution in [0.1, 0.15) is 24.4 Å². The lowest BCUT2D eigenvalue weighted by molar-refractivity contribution is 0.581. The van der Waals surface area contributed by atoms with E-state index in [1.165, 1.54) is 25.0 Å². The molecule has 1 aliphatic rings. The van der Waals surface area contributed by atoms with Gasteiger partial charge in [0.05, 0.1) is 6.07 Å². The Morgan fingerprint density at radius 3 is 2.94 bits per heavy atom. The summed E-state index contributed by atoms with van der Waals surface area (Å²) in [6, 6.07) is 6.13. The zero-order valence-corrected chi connectivity index (χ0v) is 10.3. The van der Waals surface area contributed by atoms with E-state index in [1.54, 1.807) is 6.07 Å². The van der Waals surface area contributed by atoms with Crippen molar-refractivity contribution in [2.75, 3.05) is 6.54 Å². The number of hydrogen-bond donors (Lipinski definition) is 1. The summed E-state index contributed by atoms with van der Waals surface area (Å²) in [5.74, 6) is 0.384. The van der Waals surface area contributed by atoms with Crippen LogP contribution >= 0.6 is 15.9 Å². The molecule has 0 spiro atoms. The van der Waals surface area contributed by atoms with Crippen LogP contribution in [-0.2, 0) is 0 Å². The fraction of sp³-hybridized carbons (Fsp3) is 0.417. The summed E-state index contributed by atoms with van der Waals surface area (Å²) < 4.78 is 13.9. The highest BCUT2D eigenvalue weighted by molar-refractivity contribution is 9.10. The van der Waals surface area contributed by atoms with Crippen molar-refractivity contribution in [1.82, 2.24) is 5.32 Å². The van der Waals surface area contributed by atoms with Gasteiger partial charge < -0.3 is 0 Å². The Bertz CT molecular complexity index is 424. The second kappa shape index (κ2) is 4.94. The fourth-order valence-electron chi connectivity index (χ4n) is 1.57. The van der Waals surface area contributed by atoms with Gasteiger partial charge in [-0.25, -0.2) is 4.39 Å². The first-order valence-corrected chi connectivity index (χ1v) is 6.08. The van der Waals surface area contributed by atoms with Crippen LogP contribution in [0, 0.1) is 23.1 Å². The summed E-state index contributed by atoms with van der Waals surface area (Å²) >= 11 is 3.34. The van der Waals surface area contributed by atoms with Gasteiger partial charge in [-0.1, -0.05) is 15.9 Å². The Labute approximate surface area is 103 Å². The Morgan fingerprint density at radius 1 is 1.56 bits per heavy atom. The van der Waals surface area contributed by atoms with Crippen LogP contribution in [0.25, 0.3) is 0 Å². The van der Waals surface area contributed by atoms with Crippen molar-refractivity contribution in [2.45, 2.75) is 18.9 Å². The van der Waals surface area contributed by atoms with Gasteiger partial charge in [0.25, 0.3) is 0 Å². The monoisotopic (exact) mass is 282 g/mol. The van der Waals surface area contributed by atoms with Crippen molar-refractivity contribution in [3.8, 4) is 6.07 Å². The molecule has 1 saturated carbocycles. The highest BCUT2D eigenvalue weighted by atomic mass is 79.9. The van der Waals surface area contributed by atoms with Gasteiger partial charge in [0.2, 0.25) is 0 Å². The molecule has 1 fully saturated rings. The molecule has 2 rings (SSSR count). The quantitative estimate of drug-likeness (QED) is 0.921. The van der Waals surface area contributed by atoms with Crippen LogP contribution in [0.3, 0.4) is 0 Å². The summed E-state index contributed by atoms with van der Waals surface area (Å²) in [5.41, 5.74) is 0.670. The van der Waals surface area contributed by atoms with E-state index < -0.39 is 6.04 Å². The minimum Gasteiger partial charge on any atom is -0.298 e. The van der Waals surface area contributed by atoms with E-state index in [1.807, 2.05) is 0 Å². The van der Waals surface area contributed by atoms with Crippen LogP contribution in [0.4, 0.5) is 4.39 Å². The van der Waals surface area contributed by atoms with Crippen LogP contribution in [0.5, 0.6) is 0 Å². The molecule has 0 radical (unpaired) electrons. The Balaban J connectivity index is 2.11. The molecular formula is C12H12BrFN2. The first-order valence-electron chi connectivity index (χ1n) is 5.28. The minimum absolute atomic E-state index is 0.313. The highest BCUT2D eigenvalue weighted by Gasteiger charge is 2.23. The van der Waals surface area contributed by atoms with E-state index in [0.717, 1.165) is 11.0 Å². The Morgan fingerprint density at radius 2 is 2.31 bits per heavy atom. The van der Waals surface area contributed by atoms with Gasteiger partial charge in [0.15, 0.2) is 0 Å². The lowest BCUT2D eigenvalue weighted by Gasteiger charge is -2.13. The predicted octanol–water partition coefficient (Wildman–Crippen LogP) is 3.15. The molecule has 1 aromatic rings. The molecule has 1 aromatic carbocycles. The van der Waals surface area contributed by atoms with Crippen molar-refractivity contribution >= 4 is 15.9 Å². The first-order chi connectivity index (χ1) is 7.70. The third-order valence-electron chi connectivity index (χ3n) is 2.71. The number of benzene rings is 1. The van der Waals surface area contributed by atoms with Crippen LogP contribution in [0.15, 0.2) is 22.7 Å². The third-order valence-corrected chi connectivity index (χ3v) is 3.43. The van der Waals surface area contributed by atoms with E-state index in [0.29, 0.717) is 11.5 Å². The molecular weight excluding hydrogens is 271 g/mol. The van der Waals surface area contributed by atoms with Crippen molar-refractivity contribution in [3.63, 3.8) is 0 Å². The molecule has 4 heteroatoms. The number of nitriles is 1. The van der Waals surface area contributed by atoms with Crippen molar-refractivity contribution in [3.05, 3.63) is 34.1 Å². The number of nitrogens with zero attached hydrogens (tertiary/aromatic N) is 1. The molecule has 84 valence electrons. The molecule has 1 aliphatic carbocycles. The van der Waals surface area contributed by atoms with Crippen LogP contribution in [0.2, 0.25) is 0 Å². The van der Waals surface area contributed by atoms with E-state index in [9.17, 15) is 4.39 Å². The molecule has 0 bridgehead atoms. The number of halogens is 2. The summed E-state index contributed by atoms with van der Waals surface area (Å²) in [7, 11) is 0. The molecule has 2 nitrogen and oxygen atoms in total. The van der Waals surface area contributed by atoms with Crippen molar-refractivity contribution in [2.24, 2.45) is 5.92 Å². The summed E-state index contributed by atoms with van der Waals surface area (Å²) in [5, 5.41) is 12.2. The first kappa shape index (κ1) is 11.6. The normalized spacial score (nSPS) is 16.8. The second-order valence-electron chi connectivity index (χ2n) is 4.08. The lowest BCUT2D eigenvalue weighted by atomic mass is 10.1. The van der Waals surface area contributed by atoms with E-state index in [2.05, 4.69) is 27.3 Å². The van der Waals surface area contributed by atoms with E-state index in [-0.39, 0.29) is 5.82 Å². The maximum atomic E-state index is 13.1. The Kier molecular flexibility index (Phi) is 3.57. The Hall–Kier alpha value is -0.920. The number of hydrogen-bond acceptors (Lipinski definition) is 2. The molecule has 1 unspecified atom stereocenters. The molecule has 16 heavy (non-hydrogen) atoms. The van der Waals surface area contributed by atoms with Crippen LogP contribution in [-0.4, -0.2) is 6.54 Å². The van der Waals surface area contributed by atoms with E-state index >= 15 is 0 Å². The SMILES string of the molecule is N#CC(NCC1CC1)c1cc(F)ccc1Br. The molecule has 1 N–H and O–H groups in total.